The van der Waals surface area contributed by atoms with E-state index in [4.69, 9.17) is 4.74 Å². The van der Waals surface area contributed by atoms with Gasteiger partial charge in [-0.1, -0.05) is 89.8 Å². The van der Waals surface area contributed by atoms with E-state index in [9.17, 15) is 4.79 Å². The van der Waals surface area contributed by atoms with Crippen LogP contribution in [0.3, 0.4) is 0 Å². The van der Waals surface area contributed by atoms with E-state index in [1.165, 1.54) is 101 Å². The van der Waals surface area contributed by atoms with Crippen LogP contribution in [0.15, 0.2) is 45.5 Å². The van der Waals surface area contributed by atoms with Crippen molar-refractivity contribution >= 4 is 40.7 Å². The second kappa shape index (κ2) is 17.1. The third-order valence-electron chi connectivity index (χ3n) is 6.78. The first-order chi connectivity index (χ1) is 18.2. The Morgan fingerprint density at radius 2 is 1.27 bits per heavy atom. The molecule has 0 atom stereocenters. The van der Waals surface area contributed by atoms with Gasteiger partial charge >= 0.3 is 0 Å². The van der Waals surface area contributed by atoms with Gasteiger partial charge in [0.25, 0.3) is 0 Å². The number of ether oxygens (including phenoxy) is 1. The zero-order chi connectivity index (χ0) is 26.3. The summed E-state index contributed by atoms with van der Waals surface area (Å²) < 4.78 is 6.63. The van der Waals surface area contributed by atoms with Gasteiger partial charge in [0, 0.05) is 25.8 Å². The molecule has 0 aliphatic heterocycles. The lowest BCUT2D eigenvalue weighted by molar-refractivity contribution is 0.112. The number of carbonyl (C=O) groups is 1. The van der Waals surface area contributed by atoms with E-state index in [0.29, 0.717) is 0 Å². The summed E-state index contributed by atoms with van der Waals surface area (Å²) in [4.78, 5) is 17.0. The van der Waals surface area contributed by atoms with Crippen LogP contribution in [-0.2, 0) is 12.8 Å². The quantitative estimate of drug-likeness (QED) is 0.108. The Kier molecular flexibility index (Phi) is 13.9. The van der Waals surface area contributed by atoms with Gasteiger partial charge in [-0.3, -0.25) is 4.79 Å². The Morgan fingerprint density at radius 1 is 0.730 bits per heavy atom. The molecule has 2 nitrogen and oxygen atoms in total. The van der Waals surface area contributed by atoms with Gasteiger partial charge in [-0.25, -0.2) is 0 Å². The number of aldehydes is 1. The maximum atomic E-state index is 12.1. The number of methoxy groups -OCH3 is 1. The van der Waals surface area contributed by atoms with Crippen LogP contribution in [0.1, 0.15) is 110 Å². The molecule has 37 heavy (non-hydrogen) atoms. The van der Waals surface area contributed by atoms with Crippen molar-refractivity contribution in [2.75, 3.05) is 7.11 Å². The normalized spacial score (nSPS) is 11.2. The Hall–Kier alpha value is -1.56. The van der Waals surface area contributed by atoms with Gasteiger partial charge in [0.15, 0.2) is 6.29 Å². The SMILES string of the molecule is CCCCCCCCc1cc(-c2cc(CCCCCCCC)sc2Sc2ccc(OC)cc2)c(C=O)s1. The van der Waals surface area contributed by atoms with Crippen molar-refractivity contribution in [1.29, 1.82) is 0 Å². The molecule has 0 aliphatic rings. The molecule has 0 bridgehead atoms. The summed E-state index contributed by atoms with van der Waals surface area (Å²) in [5.74, 6) is 0.875. The fraction of sp³-hybridized carbons (Fsp3) is 0.531. The number of thiophene rings is 2. The molecule has 202 valence electrons. The summed E-state index contributed by atoms with van der Waals surface area (Å²) in [7, 11) is 1.70. The Balaban J connectivity index is 1.76. The Morgan fingerprint density at radius 3 is 1.84 bits per heavy atom. The Labute approximate surface area is 237 Å². The highest BCUT2D eigenvalue weighted by atomic mass is 32.2. The van der Waals surface area contributed by atoms with Gasteiger partial charge in [-0.2, -0.15) is 0 Å². The average Bonchev–Trinajstić information content (AvgIpc) is 3.52. The van der Waals surface area contributed by atoms with Crippen LogP contribution in [0, 0.1) is 0 Å². The fourth-order valence-corrected chi connectivity index (χ4v) is 8.11. The summed E-state index contributed by atoms with van der Waals surface area (Å²) in [6.07, 6.45) is 18.9. The number of unbranched alkanes of at least 4 members (excludes halogenated alkanes) is 10. The average molecular weight is 557 g/mol. The second-order valence-corrected chi connectivity index (χ2v) is 13.5. The van der Waals surface area contributed by atoms with Crippen molar-refractivity contribution in [2.24, 2.45) is 0 Å². The van der Waals surface area contributed by atoms with Crippen LogP contribution in [0.4, 0.5) is 0 Å². The summed E-state index contributed by atoms with van der Waals surface area (Å²) >= 11 is 5.41. The summed E-state index contributed by atoms with van der Waals surface area (Å²) in [6, 6.07) is 13.0. The van der Waals surface area contributed by atoms with E-state index in [-0.39, 0.29) is 0 Å². The minimum absolute atomic E-state index is 0.875. The molecule has 3 aromatic rings. The van der Waals surface area contributed by atoms with Gasteiger partial charge < -0.3 is 4.74 Å². The first-order valence-corrected chi connectivity index (χ1v) is 16.7. The summed E-state index contributed by atoms with van der Waals surface area (Å²) in [6.45, 7) is 4.53. The lowest BCUT2D eigenvalue weighted by Crippen LogP contribution is -1.83. The molecule has 0 amide bonds. The van der Waals surface area contributed by atoms with E-state index in [1.807, 2.05) is 35.2 Å². The third-order valence-corrected chi connectivity index (χ3v) is 10.3. The molecule has 0 radical (unpaired) electrons. The molecule has 0 fully saturated rings. The minimum Gasteiger partial charge on any atom is -0.497 e. The van der Waals surface area contributed by atoms with Crippen molar-refractivity contribution in [1.82, 2.24) is 0 Å². The van der Waals surface area contributed by atoms with E-state index < -0.39 is 0 Å². The highest BCUT2D eigenvalue weighted by Gasteiger charge is 2.18. The van der Waals surface area contributed by atoms with Gasteiger partial charge in [0.2, 0.25) is 0 Å². The highest BCUT2D eigenvalue weighted by Crippen LogP contribution is 2.45. The molecule has 0 unspecified atom stereocenters. The van der Waals surface area contributed by atoms with E-state index in [2.05, 4.69) is 38.1 Å². The number of aryl methyl sites for hydroxylation is 2. The molecule has 3 rings (SSSR count). The van der Waals surface area contributed by atoms with Gasteiger partial charge in [0.1, 0.15) is 5.75 Å². The molecule has 2 aromatic heterocycles. The van der Waals surface area contributed by atoms with E-state index in [1.54, 1.807) is 18.4 Å². The molecule has 0 N–H and O–H groups in total. The van der Waals surface area contributed by atoms with Crippen LogP contribution in [-0.4, -0.2) is 13.4 Å². The summed E-state index contributed by atoms with van der Waals surface area (Å²) in [5, 5.41) is 0. The zero-order valence-electron chi connectivity index (χ0n) is 23.0. The van der Waals surface area contributed by atoms with Crippen molar-refractivity contribution < 1.29 is 9.53 Å². The molecule has 0 aliphatic carbocycles. The molecule has 0 saturated carbocycles. The van der Waals surface area contributed by atoms with Crippen LogP contribution in [0.5, 0.6) is 5.75 Å². The van der Waals surface area contributed by atoms with E-state index >= 15 is 0 Å². The highest BCUT2D eigenvalue weighted by molar-refractivity contribution is 8.01. The van der Waals surface area contributed by atoms with Crippen LogP contribution in [0.25, 0.3) is 11.1 Å². The first-order valence-electron chi connectivity index (χ1n) is 14.2. The number of hydrogen-bond donors (Lipinski definition) is 0. The third kappa shape index (κ3) is 9.92. The molecule has 0 saturated heterocycles. The van der Waals surface area contributed by atoms with Crippen LogP contribution in [0.2, 0.25) is 0 Å². The lowest BCUT2D eigenvalue weighted by Gasteiger charge is -2.05. The largest absolute Gasteiger partial charge is 0.497 e. The lowest BCUT2D eigenvalue weighted by atomic mass is 10.1. The van der Waals surface area contributed by atoms with Crippen molar-refractivity contribution in [3.8, 4) is 16.9 Å². The fourth-order valence-electron chi connectivity index (χ4n) is 4.60. The molecule has 1 aromatic carbocycles. The molecule has 2 heterocycles. The maximum Gasteiger partial charge on any atom is 0.160 e. The smallest absolute Gasteiger partial charge is 0.160 e. The van der Waals surface area contributed by atoms with Gasteiger partial charge in [0.05, 0.1) is 16.2 Å². The first kappa shape index (κ1) is 30.0. The zero-order valence-corrected chi connectivity index (χ0v) is 25.4. The van der Waals surface area contributed by atoms with Crippen molar-refractivity contribution in [3.05, 3.63) is 51.0 Å². The van der Waals surface area contributed by atoms with Gasteiger partial charge in [-0.15, -0.1) is 22.7 Å². The van der Waals surface area contributed by atoms with Crippen molar-refractivity contribution in [2.45, 2.75) is 113 Å². The number of hydrogen-bond acceptors (Lipinski definition) is 5. The number of carbonyl (C=O) groups excluding carboxylic acids is 1. The molecule has 0 spiro atoms. The standard InChI is InChI=1S/C32H44O2S3/c1-4-6-8-10-12-14-16-27-22-29(31(24-33)35-27)30-23-28(17-15-13-11-9-7-5-2)37-32(30)36-26-20-18-25(34-3)19-21-26/h18-24H,4-17H2,1-3H3. The van der Waals surface area contributed by atoms with Gasteiger partial charge in [-0.05, 0) is 62.1 Å². The maximum absolute atomic E-state index is 12.1. The van der Waals surface area contributed by atoms with Crippen LogP contribution < -0.4 is 4.74 Å². The monoisotopic (exact) mass is 556 g/mol. The minimum atomic E-state index is 0.875. The van der Waals surface area contributed by atoms with Crippen molar-refractivity contribution in [3.63, 3.8) is 0 Å². The topological polar surface area (TPSA) is 26.3 Å². The number of benzene rings is 1. The Bertz CT molecular complexity index is 1050. The van der Waals surface area contributed by atoms with Crippen LogP contribution >= 0.6 is 34.4 Å². The molecular weight excluding hydrogens is 513 g/mol. The number of rotatable bonds is 19. The predicted molar refractivity (Wildman–Crippen MR) is 164 cm³/mol. The molecular formula is C32H44O2S3. The predicted octanol–water partition coefficient (Wildman–Crippen LogP) is 11.3. The summed E-state index contributed by atoms with van der Waals surface area (Å²) in [5.41, 5.74) is 2.36. The molecule has 5 heteroatoms. The second-order valence-electron chi connectivity index (χ2n) is 9.84. The van der Waals surface area contributed by atoms with E-state index in [0.717, 1.165) is 35.3 Å².